The number of rotatable bonds is 3. The lowest BCUT2D eigenvalue weighted by molar-refractivity contribution is -0.130. The number of primary amides is 1. The number of ether oxygens (including phenoxy) is 1. The van der Waals surface area contributed by atoms with Crippen molar-refractivity contribution in [1.82, 2.24) is 14.9 Å². The smallest absolute Gasteiger partial charge is 0.320 e. The molecule has 2 aliphatic heterocycles. The number of urea groups is 1. The Labute approximate surface area is 176 Å². The van der Waals surface area contributed by atoms with Crippen LogP contribution in [0.2, 0.25) is 0 Å². The largest absolute Gasteiger partial charge is 0.489 e. The highest BCUT2D eigenvalue weighted by molar-refractivity contribution is 5.91. The third-order valence-corrected chi connectivity index (χ3v) is 5.83. The van der Waals surface area contributed by atoms with Crippen LogP contribution in [0, 0.1) is 6.92 Å². The van der Waals surface area contributed by atoms with Gasteiger partial charge in [-0.15, -0.1) is 0 Å². The standard InChI is InChI=1S/C22H27N5O3/c1-14-20(11-16-4-3-7-27(22(23)29)21(16)25-14)17-10-19(13-24-12-17)30-18-5-8-26(9-6-18)15(2)28/h10-13,18H,3-9H2,1-2H3,(H2,23,29). The van der Waals surface area contributed by atoms with Crippen LogP contribution in [0.1, 0.15) is 37.4 Å². The molecule has 2 aromatic heterocycles. The molecular formula is C22H27N5O3. The second-order valence-corrected chi connectivity index (χ2v) is 7.93. The van der Waals surface area contributed by atoms with Crippen molar-refractivity contribution in [1.29, 1.82) is 0 Å². The maximum Gasteiger partial charge on any atom is 0.320 e. The number of carbonyl (C=O) groups is 2. The van der Waals surface area contributed by atoms with Gasteiger partial charge in [0.25, 0.3) is 0 Å². The molecule has 0 bridgehead atoms. The van der Waals surface area contributed by atoms with Crippen LogP contribution in [0.3, 0.4) is 0 Å². The summed E-state index contributed by atoms with van der Waals surface area (Å²) in [6, 6.07) is 3.59. The number of piperidine rings is 1. The van der Waals surface area contributed by atoms with E-state index in [1.807, 2.05) is 17.9 Å². The van der Waals surface area contributed by atoms with Crippen molar-refractivity contribution in [3.05, 3.63) is 35.8 Å². The van der Waals surface area contributed by atoms with Crippen LogP contribution in [-0.2, 0) is 11.2 Å². The lowest BCUT2D eigenvalue weighted by Gasteiger charge is -2.31. The zero-order valence-electron chi connectivity index (χ0n) is 17.4. The van der Waals surface area contributed by atoms with Crippen LogP contribution >= 0.6 is 0 Å². The monoisotopic (exact) mass is 409 g/mol. The molecule has 1 saturated heterocycles. The van der Waals surface area contributed by atoms with Crippen molar-refractivity contribution in [2.45, 2.75) is 45.6 Å². The number of fused-ring (bicyclic) bond motifs is 1. The van der Waals surface area contributed by atoms with E-state index in [1.165, 1.54) is 0 Å². The quantitative estimate of drug-likeness (QED) is 0.840. The van der Waals surface area contributed by atoms with Crippen molar-refractivity contribution in [2.24, 2.45) is 5.73 Å². The number of hydrogen-bond donors (Lipinski definition) is 1. The Morgan fingerprint density at radius 2 is 1.93 bits per heavy atom. The van der Waals surface area contributed by atoms with E-state index >= 15 is 0 Å². The van der Waals surface area contributed by atoms with Gasteiger partial charge < -0.3 is 15.4 Å². The van der Waals surface area contributed by atoms with E-state index in [0.29, 0.717) is 18.1 Å². The first-order chi connectivity index (χ1) is 14.4. The fourth-order valence-electron chi connectivity index (χ4n) is 4.20. The van der Waals surface area contributed by atoms with E-state index in [2.05, 4.69) is 16.0 Å². The molecule has 2 aliphatic rings. The first-order valence-corrected chi connectivity index (χ1v) is 10.4. The van der Waals surface area contributed by atoms with E-state index in [-0.39, 0.29) is 12.0 Å². The van der Waals surface area contributed by atoms with Crippen LogP contribution in [0.25, 0.3) is 11.1 Å². The van der Waals surface area contributed by atoms with Crippen LogP contribution in [-0.4, -0.2) is 52.5 Å². The van der Waals surface area contributed by atoms with Crippen LogP contribution in [0.5, 0.6) is 5.75 Å². The molecule has 4 rings (SSSR count). The molecule has 0 atom stereocenters. The number of aromatic nitrogens is 2. The molecule has 1 fully saturated rings. The van der Waals surface area contributed by atoms with Crippen LogP contribution in [0.4, 0.5) is 10.6 Å². The van der Waals surface area contributed by atoms with Gasteiger partial charge >= 0.3 is 6.03 Å². The minimum Gasteiger partial charge on any atom is -0.489 e. The zero-order valence-corrected chi connectivity index (χ0v) is 17.4. The summed E-state index contributed by atoms with van der Waals surface area (Å²) in [5, 5.41) is 0. The Bertz CT molecular complexity index is 969. The van der Waals surface area contributed by atoms with Gasteiger partial charge in [0.2, 0.25) is 5.91 Å². The van der Waals surface area contributed by atoms with Crippen molar-refractivity contribution < 1.29 is 14.3 Å². The second-order valence-electron chi connectivity index (χ2n) is 7.93. The number of hydrogen-bond acceptors (Lipinski definition) is 5. The van der Waals surface area contributed by atoms with E-state index in [0.717, 1.165) is 61.2 Å². The van der Waals surface area contributed by atoms with E-state index in [9.17, 15) is 9.59 Å². The average molecular weight is 409 g/mol. The number of amides is 3. The minimum absolute atomic E-state index is 0.0736. The van der Waals surface area contributed by atoms with Gasteiger partial charge in [0.05, 0.1) is 6.20 Å². The van der Waals surface area contributed by atoms with Gasteiger partial charge in [-0.05, 0) is 37.5 Å². The Balaban J connectivity index is 1.54. The lowest BCUT2D eigenvalue weighted by atomic mass is 9.99. The summed E-state index contributed by atoms with van der Waals surface area (Å²) >= 11 is 0. The number of anilines is 1. The third-order valence-electron chi connectivity index (χ3n) is 5.83. The molecule has 0 spiro atoms. The molecule has 8 nitrogen and oxygen atoms in total. The Morgan fingerprint density at radius 3 is 2.63 bits per heavy atom. The zero-order chi connectivity index (χ0) is 21.3. The number of nitrogens with zero attached hydrogens (tertiary/aromatic N) is 4. The first-order valence-electron chi connectivity index (χ1n) is 10.4. The average Bonchev–Trinajstić information content (AvgIpc) is 2.73. The third kappa shape index (κ3) is 4.08. The summed E-state index contributed by atoms with van der Waals surface area (Å²) in [7, 11) is 0. The lowest BCUT2D eigenvalue weighted by Crippen LogP contribution is -2.40. The normalized spacial score (nSPS) is 16.9. The summed E-state index contributed by atoms with van der Waals surface area (Å²) in [6.45, 7) is 5.57. The number of likely N-dealkylation sites (tertiary alicyclic amines) is 1. The predicted octanol–water partition coefficient (Wildman–Crippen LogP) is 2.67. The molecule has 30 heavy (non-hydrogen) atoms. The number of aryl methyl sites for hydroxylation is 2. The van der Waals surface area contributed by atoms with Gasteiger partial charge in [0, 0.05) is 62.4 Å². The maximum atomic E-state index is 11.7. The topological polar surface area (TPSA) is 102 Å². The molecule has 0 aliphatic carbocycles. The van der Waals surface area contributed by atoms with Gasteiger partial charge in [0.15, 0.2) is 0 Å². The molecule has 0 saturated carbocycles. The predicted molar refractivity (Wildman–Crippen MR) is 113 cm³/mol. The van der Waals surface area contributed by atoms with Crippen molar-refractivity contribution >= 4 is 17.8 Å². The Hall–Kier alpha value is -3.16. The minimum atomic E-state index is -0.469. The SMILES string of the molecule is CC(=O)N1CCC(Oc2cncc(-c3cc4c(nc3C)N(C(N)=O)CCC4)c2)CC1. The first kappa shape index (κ1) is 20.1. The molecule has 2 N–H and O–H groups in total. The van der Waals surface area contributed by atoms with Crippen molar-refractivity contribution in [2.75, 3.05) is 24.5 Å². The Morgan fingerprint density at radius 1 is 1.17 bits per heavy atom. The number of nitrogens with two attached hydrogens (primary N) is 1. The molecule has 8 heteroatoms. The van der Waals surface area contributed by atoms with Crippen LogP contribution < -0.4 is 15.4 Å². The summed E-state index contributed by atoms with van der Waals surface area (Å²) in [6.07, 6.45) is 6.94. The molecule has 3 amide bonds. The summed E-state index contributed by atoms with van der Waals surface area (Å²) in [4.78, 5) is 35.7. The van der Waals surface area contributed by atoms with Crippen LogP contribution in [0.15, 0.2) is 24.5 Å². The van der Waals surface area contributed by atoms with Gasteiger partial charge in [-0.2, -0.15) is 0 Å². The Kier molecular flexibility index (Phi) is 5.57. The molecule has 4 heterocycles. The van der Waals surface area contributed by atoms with E-state index in [1.54, 1.807) is 24.2 Å². The molecule has 0 aromatic carbocycles. The van der Waals surface area contributed by atoms with Crippen molar-refractivity contribution in [3.63, 3.8) is 0 Å². The summed E-state index contributed by atoms with van der Waals surface area (Å²) in [5.41, 5.74) is 9.25. The van der Waals surface area contributed by atoms with Crippen molar-refractivity contribution in [3.8, 4) is 16.9 Å². The van der Waals surface area contributed by atoms with Gasteiger partial charge in [-0.25, -0.2) is 9.78 Å². The molecule has 158 valence electrons. The summed E-state index contributed by atoms with van der Waals surface area (Å²) in [5.74, 6) is 1.49. The summed E-state index contributed by atoms with van der Waals surface area (Å²) < 4.78 is 6.16. The highest BCUT2D eigenvalue weighted by Gasteiger charge is 2.25. The fourth-order valence-corrected chi connectivity index (χ4v) is 4.20. The van der Waals surface area contributed by atoms with Gasteiger partial charge in [-0.1, -0.05) is 0 Å². The maximum absolute atomic E-state index is 11.7. The van der Waals surface area contributed by atoms with E-state index in [4.69, 9.17) is 10.5 Å². The molecular weight excluding hydrogens is 382 g/mol. The molecule has 0 radical (unpaired) electrons. The van der Waals surface area contributed by atoms with Gasteiger partial charge in [0.1, 0.15) is 17.7 Å². The fraction of sp³-hybridized carbons (Fsp3) is 0.455. The highest BCUT2D eigenvalue weighted by Crippen LogP contribution is 2.33. The van der Waals surface area contributed by atoms with E-state index < -0.39 is 6.03 Å². The number of pyridine rings is 2. The molecule has 2 aromatic rings. The number of carbonyl (C=O) groups excluding carboxylic acids is 2. The van der Waals surface area contributed by atoms with Gasteiger partial charge in [-0.3, -0.25) is 14.7 Å². The highest BCUT2D eigenvalue weighted by atomic mass is 16.5. The molecule has 0 unspecified atom stereocenters. The second kappa shape index (κ2) is 8.30.